The van der Waals surface area contributed by atoms with Crippen molar-refractivity contribution < 1.29 is 33.4 Å². The summed E-state index contributed by atoms with van der Waals surface area (Å²) in [7, 11) is 0. The maximum absolute atomic E-state index is 13.3. The zero-order chi connectivity index (χ0) is 21.5. The number of aliphatic carboxylic acids is 1. The van der Waals surface area contributed by atoms with Gasteiger partial charge in [-0.15, -0.1) is 0 Å². The lowest BCUT2D eigenvalue weighted by Gasteiger charge is -2.38. The molecule has 1 saturated carbocycles. The average molecular weight is 419 g/mol. The van der Waals surface area contributed by atoms with Gasteiger partial charge in [-0.05, 0) is 55.7 Å². The highest BCUT2D eigenvalue weighted by molar-refractivity contribution is 5.90. The molecule has 2 aliphatic rings. The number of carboxylic acids is 1. The number of benzene rings is 1. The van der Waals surface area contributed by atoms with Crippen LogP contribution in [0.3, 0.4) is 0 Å². The normalized spacial score (nSPS) is 22.2. The van der Waals surface area contributed by atoms with Gasteiger partial charge in [0.25, 0.3) is 0 Å². The number of carbonyl (C=O) groups is 3. The molecule has 0 aromatic heterocycles. The third-order valence-corrected chi connectivity index (χ3v) is 5.66. The van der Waals surface area contributed by atoms with Crippen molar-refractivity contribution in [2.45, 2.75) is 44.1 Å². The molecule has 7 nitrogen and oxygen atoms in total. The average Bonchev–Trinajstić information content (AvgIpc) is 3.24. The summed E-state index contributed by atoms with van der Waals surface area (Å²) in [6.45, 7) is 0.846. The Hall–Kier alpha value is -2.90. The molecule has 1 aliphatic carbocycles. The lowest BCUT2D eigenvalue weighted by Crippen LogP contribution is -2.45. The highest BCUT2D eigenvalue weighted by Crippen LogP contribution is 2.34. The topological polar surface area (TPSA) is 93.1 Å². The second kappa shape index (κ2) is 10.2. The second-order valence-electron chi connectivity index (χ2n) is 7.74. The van der Waals surface area contributed by atoms with Crippen molar-refractivity contribution in [2.24, 2.45) is 5.92 Å². The fraction of sp³-hybridized carbons (Fsp3) is 0.500. The van der Waals surface area contributed by atoms with Crippen LogP contribution < -0.4 is 0 Å². The van der Waals surface area contributed by atoms with Crippen molar-refractivity contribution in [3.8, 4) is 0 Å². The molecule has 162 valence electrons. The smallest absolute Gasteiger partial charge is 0.410 e. The highest BCUT2D eigenvalue weighted by atomic mass is 19.1. The van der Waals surface area contributed by atoms with E-state index >= 15 is 0 Å². The Morgan fingerprint density at radius 1 is 1.10 bits per heavy atom. The SMILES string of the molecule is O=C(O)/C=C/C(=O)OC[C@H]1CN(C(=O)OC2CCCC2)CC[C@@H]1c1ccc(F)cc1. The maximum atomic E-state index is 13.3. The van der Waals surface area contributed by atoms with Crippen LogP contribution in [0.15, 0.2) is 36.4 Å². The van der Waals surface area contributed by atoms with Gasteiger partial charge in [0.05, 0.1) is 6.61 Å². The van der Waals surface area contributed by atoms with E-state index in [0.29, 0.717) is 25.6 Å². The fourth-order valence-corrected chi connectivity index (χ4v) is 4.12. The van der Waals surface area contributed by atoms with Crippen molar-refractivity contribution in [1.82, 2.24) is 4.90 Å². The highest BCUT2D eigenvalue weighted by Gasteiger charge is 2.35. The van der Waals surface area contributed by atoms with Crippen molar-refractivity contribution >= 4 is 18.0 Å². The van der Waals surface area contributed by atoms with Gasteiger partial charge in [0.15, 0.2) is 0 Å². The van der Waals surface area contributed by atoms with Gasteiger partial charge in [0, 0.05) is 31.2 Å². The van der Waals surface area contributed by atoms with Crippen LogP contribution in [0.2, 0.25) is 0 Å². The van der Waals surface area contributed by atoms with Gasteiger partial charge in [-0.25, -0.2) is 18.8 Å². The fourth-order valence-electron chi connectivity index (χ4n) is 4.12. The van der Waals surface area contributed by atoms with Crippen molar-refractivity contribution in [3.63, 3.8) is 0 Å². The zero-order valence-corrected chi connectivity index (χ0v) is 16.7. The largest absolute Gasteiger partial charge is 0.478 e. The molecule has 30 heavy (non-hydrogen) atoms. The van der Waals surface area contributed by atoms with Gasteiger partial charge in [-0.3, -0.25) is 0 Å². The minimum absolute atomic E-state index is 0.0119. The molecule has 2 atom stereocenters. The number of amides is 1. The number of likely N-dealkylation sites (tertiary alicyclic amines) is 1. The minimum atomic E-state index is -1.24. The Bertz CT molecular complexity index is 787. The first-order valence-corrected chi connectivity index (χ1v) is 10.2. The number of nitrogens with zero attached hydrogens (tertiary/aromatic N) is 1. The molecule has 1 aromatic carbocycles. The first kappa shape index (κ1) is 21.8. The van der Waals surface area contributed by atoms with Gasteiger partial charge >= 0.3 is 18.0 Å². The lowest BCUT2D eigenvalue weighted by atomic mass is 9.81. The van der Waals surface area contributed by atoms with E-state index in [0.717, 1.165) is 37.3 Å². The molecule has 8 heteroatoms. The molecule has 2 fully saturated rings. The summed E-state index contributed by atoms with van der Waals surface area (Å²) in [6, 6.07) is 6.17. The molecule has 1 aliphatic heterocycles. The van der Waals surface area contributed by atoms with Crippen LogP contribution in [0, 0.1) is 11.7 Å². The Kier molecular flexibility index (Phi) is 7.43. The molecule has 0 radical (unpaired) electrons. The minimum Gasteiger partial charge on any atom is -0.478 e. The molecule has 0 unspecified atom stereocenters. The summed E-state index contributed by atoms with van der Waals surface area (Å²) in [5, 5.41) is 8.62. The predicted octanol–water partition coefficient (Wildman–Crippen LogP) is 3.49. The molecule has 1 N–H and O–H groups in total. The molecule has 1 aromatic rings. The Morgan fingerprint density at radius 3 is 2.47 bits per heavy atom. The molecule has 1 heterocycles. The maximum Gasteiger partial charge on any atom is 0.410 e. The van der Waals surface area contributed by atoms with Crippen molar-refractivity contribution in [1.29, 1.82) is 0 Å². The van der Waals surface area contributed by atoms with E-state index in [1.807, 2.05) is 0 Å². The molecular weight excluding hydrogens is 393 g/mol. The number of halogens is 1. The molecule has 0 spiro atoms. The van der Waals surface area contributed by atoms with Crippen LogP contribution in [-0.4, -0.2) is 53.8 Å². The first-order chi connectivity index (χ1) is 14.4. The Balaban J connectivity index is 1.66. The number of carboxylic acid groups (broad SMARTS) is 1. The van der Waals surface area contributed by atoms with E-state index in [9.17, 15) is 18.8 Å². The number of esters is 1. The number of hydrogen-bond acceptors (Lipinski definition) is 5. The molecule has 0 bridgehead atoms. The summed E-state index contributed by atoms with van der Waals surface area (Å²) >= 11 is 0. The van der Waals surface area contributed by atoms with E-state index in [1.54, 1.807) is 17.0 Å². The van der Waals surface area contributed by atoms with Crippen LogP contribution in [0.25, 0.3) is 0 Å². The van der Waals surface area contributed by atoms with Gasteiger partial charge in [-0.2, -0.15) is 0 Å². The van der Waals surface area contributed by atoms with Crippen molar-refractivity contribution in [2.75, 3.05) is 19.7 Å². The quantitative estimate of drug-likeness (QED) is 0.560. The van der Waals surface area contributed by atoms with E-state index in [-0.39, 0.29) is 36.5 Å². The number of hydrogen-bond donors (Lipinski definition) is 1. The molecule has 1 saturated heterocycles. The summed E-state index contributed by atoms with van der Waals surface area (Å²) in [4.78, 5) is 36.5. The number of carbonyl (C=O) groups excluding carboxylic acids is 2. The first-order valence-electron chi connectivity index (χ1n) is 10.2. The van der Waals surface area contributed by atoms with Crippen LogP contribution in [0.4, 0.5) is 9.18 Å². The summed E-state index contributed by atoms with van der Waals surface area (Å²) in [5.41, 5.74) is 0.905. The standard InChI is InChI=1S/C22H26FNO6/c23-17-7-5-15(6-8-17)19-11-12-24(22(28)30-18-3-1-2-4-18)13-16(19)14-29-21(27)10-9-20(25)26/h5-10,16,18-19H,1-4,11-14H2,(H,25,26)/b10-9+/t16-,19-/m1/s1. The molecular formula is C22H26FNO6. The van der Waals surface area contributed by atoms with Crippen LogP contribution in [0.5, 0.6) is 0 Å². The zero-order valence-electron chi connectivity index (χ0n) is 16.7. The van der Waals surface area contributed by atoms with Crippen LogP contribution in [-0.2, 0) is 19.1 Å². The van der Waals surface area contributed by atoms with E-state index in [4.69, 9.17) is 14.6 Å². The van der Waals surface area contributed by atoms with E-state index in [2.05, 4.69) is 0 Å². The third kappa shape index (κ3) is 6.05. The molecule has 3 rings (SSSR count). The summed E-state index contributed by atoms with van der Waals surface area (Å²) in [5.74, 6) is -2.59. The van der Waals surface area contributed by atoms with Gasteiger partial charge in [-0.1, -0.05) is 12.1 Å². The predicted molar refractivity (Wildman–Crippen MR) is 105 cm³/mol. The van der Waals surface area contributed by atoms with Crippen LogP contribution in [0.1, 0.15) is 43.6 Å². The number of rotatable bonds is 6. The van der Waals surface area contributed by atoms with E-state index < -0.39 is 11.9 Å². The third-order valence-electron chi connectivity index (χ3n) is 5.66. The van der Waals surface area contributed by atoms with Gasteiger partial charge in [0.2, 0.25) is 0 Å². The Labute approximate surface area is 174 Å². The lowest BCUT2D eigenvalue weighted by molar-refractivity contribution is -0.140. The van der Waals surface area contributed by atoms with Gasteiger partial charge < -0.3 is 19.5 Å². The summed E-state index contributed by atoms with van der Waals surface area (Å²) in [6.07, 6.45) is 5.68. The van der Waals surface area contributed by atoms with E-state index in [1.165, 1.54) is 12.1 Å². The molecule has 1 amide bonds. The van der Waals surface area contributed by atoms with Crippen molar-refractivity contribution in [3.05, 3.63) is 47.8 Å². The van der Waals surface area contributed by atoms with Crippen LogP contribution >= 0.6 is 0 Å². The summed E-state index contributed by atoms with van der Waals surface area (Å²) < 4.78 is 24.1. The number of ether oxygens (including phenoxy) is 2. The second-order valence-corrected chi connectivity index (χ2v) is 7.74. The van der Waals surface area contributed by atoms with Gasteiger partial charge in [0.1, 0.15) is 11.9 Å². The monoisotopic (exact) mass is 419 g/mol. The number of piperidine rings is 1. The Morgan fingerprint density at radius 2 is 1.80 bits per heavy atom.